The van der Waals surface area contributed by atoms with Gasteiger partial charge in [0, 0.05) is 71.2 Å². The molecule has 3 N–H and O–H groups in total. The number of ether oxygens (including phenoxy) is 1. The minimum absolute atomic E-state index is 0.103. The van der Waals surface area contributed by atoms with Crippen molar-refractivity contribution in [3.8, 4) is 0 Å². The fraction of sp³-hybridized carbons (Fsp3) is 0.906. The topological polar surface area (TPSA) is 108 Å². The summed E-state index contributed by atoms with van der Waals surface area (Å²) in [5, 5.41) is 3.35. The Balaban J connectivity index is 2.60. The van der Waals surface area contributed by atoms with E-state index in [0.29, 0.717) is 44.4 Å². The van der Waals surface area contributed by atoms with Crippen LogP contribution in [0.1, 0.15) is 113 Å². The second kappa shape index (κ2) is 20.1. The largest absolute Gasteiger partial charge is 0.444 e. The second-order valence-electron chi connectivity index (χ2n) is 13.2. The minimum Gasteiger partial charge on any atom is -0.444 e. The summed E-state index contributed by atoms with van der Waals surface area (Å²) < 4.78 is 5.51. The average molecular weight is 582 g/mol. The van der Waals surface area contributed by atoms with Gasteiger partial charge in [-0.15, -0.1) is 0 Å². The molecule has 9 nitrogen and oxygen atoms in total. The van der Waals surface area contributed by atoms with Crippen LogP contribution in [0, 0.1) is 11.8 Å². The van der Waals surface area contributed by atoms with E-state index in [1.165, 1.54) is 19.3 Å². The van der Waals surface area contributed by atoms with Crippen LogP contribution in [0.2, 0.25) is 0 Å². The highest BCUT2D eigenvalue weighted by atomic mass is 16.6. The maximum Gasteiger partial charge on any atom is 0.410 e. The van der Waals surface area contributed by atoms with Crippen molar-refractivity contribution in [2.45, 2.75) is 124 Å². The van der Waals surface area contributed by atoms with Crippen LogP contribution in [-0.2, 0) is 14.3 Å². The lowest BCUT2D eigenvalue weighted by Crippen LogP contribution is -2.51. The molecule has 9 heteroatoms. The second-order valence-corrected chi connectivity index (χ2v) is 13.2. The van der Waals surface area contributed by atoms with Gasteiger partial charge < -0.3 is 25.6 Å². The Morgan fingerprint density at radius 1 is 0.951 bits per heavy atom. The van der Waals surface area contributed by atoms with E-state index < -0.39 is 5.60 Å². The van der Waals surface area contributed by atoms with E-state index in [1.807, 2.05) is 20.8 Å². The average Bonchev–Trinajstić information content (AvgIpc) is 2.90. The summed E-state index contributed by atoms with van der Waals surface area (Å²) >= 11 is 0. The Bertz CT molecular complexity index is 745. The molecular formula is C32H63N5O4. The van der Waals surface area contributed by atoms with Crippen molar-refractivity contribution < 1.29 is 19.1 Å². The van der Waals surface area contributed by atoms with Crippen molar-refractivity contribution in [1.82, 2.24) is 20.0 Å². The third-order valence-electron chi connectivity index (χ3n) is 8.04. The molecular weight excluding hydrogens is 518 g/mol. The number of hydrogen-bond acceptors (Lipinski definition) is 6. The molecule has 1 heterocycles. The number of carbonyl (C=O) groups is 3. The molecule has 1 fully saturated rings. The molecule has 2 unspecified atom stereocenters. The molecule has 0 spiro atoms. The van der Waals surface area contributed by atoms with Gasteiger partial charge in [0.25, 0.3) is 0 Å². The lowest BCUT2D eigenvalue weighted by Gasteiger charge is -2.37. The number of rotatable bonds is 20. The summed E-state index contributed by atoms with van der Waals surface area (Å²) in [6, 6.07) is 0.238. The Kier molecular flexibility index (Phi) is 18.2. The van der Waals surface area contributed by atoms with Gasteiger partial charge in [0.15, 0.2) is 0 Å². The summed E-state index contributed by atoms with van der Waals surface area (Å²) in [4.78, 5) is 43.3. The quantitative estimate of drug-likeness (QED) is 0.195. The summed E-state index contributed by atoms with van der Waals surface area (Å²) in [5.41, 5.74) is 4.97. The molecule has 2 atom stereocenters. The van der Waals surface area contributed by atoms with Crippen LogP contribution in [0.3, 0.4) is 0 Å². The fourth-order valence-corrected chi connectivity index (χ4v) is 5.59. The first-order valence-electron chi connectivity index (χ1n) is 16.4. The van der Waals surface area contributed by atoms with Crippen LogP contribution in [0.5, 0.6) is 0 Å². The van der Waals surface area contributed by atoms with Crippen molar-refractivity contribution in [3.05, 3.63) is 0 Å². The van der Waals surface area contributed by atoms with Crippen LogP contribution in [0.25, 0.3) is 0 Å². The van der Waals surface area contributed by atoms with Gasteiger partial charge in [0.05, 0.1) is 0 Å². The molecule has 41 heavy (non-hydrogen) atoms. The van der Waals surface area contributed by atoms with E-state index in [4.69, 9.17) is 10.5 Å². The minimum atomic E-state index is -0.489. The van der Waals surface area contributed by atoms with Crippen LogP contribution >= 0.6 is 0 Å². The molecule has 0 aliphatic carbocycles. The molecule has 1 aliphatic heterocycles. The zero-order chi connectivity index (χ0) is 30.8. The van der Waals surface area contributed by atoms with Crippen LogP contribution in [-0.4, -0.2) is 96.6 Å². The number of hydrogen-bond donors (Lipinski definition) is 2. The van der Waals surface area contributed by atoms with Gasteiger partial charge in [-0.25, -0.2) is 4.79 Å². The number of primary amides is 1. The zero-order valence-electron chi connectivity index (χ0n) is 27.5. The van der Waals surface area contributed by atoms with Crippen LogP contribution in [0.4, 0.5) is 4.79 Å². The summed E-state index contributed by atoms with van der Waals surface area (Å²) in [5.74, 6) is 0.778. The molecule has 0 aromatic carbocycles. The maximum absolute atomic E-state index is 13.0. The Morgan fingerprint density at radius 2 is 1.59 bits per heavy atom. The van der Waals surface area contributed by atoms with E-state index in [1.54, 1.807) is 4.90 Å². The highest BCUT2D eigenvalue weighted by molar-refractivity contribution is 5.76. The van der Waals surface area contributed by atoms with Gasteiger partial charge in [-0.05, 0) is 45.4 Å². The smallest absolute Gasteiger partial charge is 0.410 e. The monoisotopic (exact) mass is 581 g/mol. The molecule has 1 aliphatic rings. The normalized spacial score (nSPS) is 16.2. The molecule has 0 bridgehead atoms. The van der Waals surface area contributed by atoms with E-state index in [0.717, 1.165) is 58.3 Å². The first-order chi connectivity index (χ1) is 19.4. The van der Waals surface area contributed by atoms with Crippen molar-refractivity contribution in [2.75, 3.05) is 52.4 Å². The van der Waals surface area contributed by atoms with E-state index >= 15 is 0 Å². The molecule has 240 valence electrons. The van der Waals surface area contributed by atoms with Crippen LogP contribution < -0.4 is 11.1 Å². The number of carbonyl (C=O) groups excluding carboxylic acids is 3. The first-order valence-corrected chi connectivity index (χ1v) is 16.4. The molecule has 1 saturated heterocycles. The van der Waals surface area contributed by atoms with Crippen molar-refractivity contribution in [3.63, 3.8) is 0 Å². The van der Waals surface area contributed by atoms with Crippen molar-refractivity contribution in [1.29, 1.82) is 0 Å². The van der Waals surface area contributed by atoms with Gasteiger partial charge in [-0.2, -0.15) is 0 Å². The number of unbranched alkanes of at least 4 members (excludes halogenated alkanes) is 3. The molecule has 1 rings (SSSR count). The maximum atomic E-state index is 13.0. The number of piperazine rings is 1. The third-order valence-corrected chi connectivity index (χ3v) is 8.04. The first kappa shape index (κ1) is 37.2. The van der Waals surface area contributed by atoms with Crippen molar-refractivity contribution in [2.24, 2.45) is 17.6 Å². The van der Waals surface area contributed by atoms with E-state index in [9.17, 15) is 14.4 Å². The number of nitrogens with zero attached hydrogens (tertiary/aromatic N) is 3. The fourth-order valence-electron chi connectivity index (χ4n) is 5.59. The predicted molar refractivity (Wildman–Crippen MR) is 168 cm³/mol. The predicted octanol–water partition coefficient (Wildman–Crippen LogP) is 5.02. The zero-order valence-corrected chi connectivity index (χ0v) is 27.5. The SMILES string of the molecule is CCCCCCC(CC(CC)CC)NC(=O)CCN(CCC(N)=O)CC(C)CN1CCN(C(=O)OC(C)(C)C)CC1. The molecule has 3 amide bonds. The summed E-state index contributed by atoms with van der Waals surface area (Å²) in [6.07, 6.45) is 9.70. The summed E-state index contributed by atoms with van der Waals surface area (Å²) in [6.45, 7) is 20.4. The Labute approximate surface area is 251 Å². The molecule has 0 aromatic rings. The molecule has 0 aromatic heterocycles. The van der Waals surface area contributed by atoms with Gasteiger partial charge in [0.1, 0.15) is 5.60 Å². The number of amides is 3. The van der Waals surface area contributed by atoms with Gasteiger partial charge >= 0.3 is 6.09 Å². The van der Waals surface area contributed by atoms with E-state index in [2.05, 4.69) is 42.8 Å². The summed E-state index contributed by atoms with van der Waals surface area (Å²) in [7, 11) is 0. The number of nitrogens with one attached hydrogen (secondary N) is 1. The van der Waals surface area contributed by atoms with Gasteiger partial charge in [-0.1, -0.05) is 66.2 Å². The van der Waals surface area contributed by atoms with E-state index in [-0.39, 0.29) is 30.4 Å². The highest BCUT2D eigenvalue weighted by Gasteiger charge is 2.27. The lowest BCUT2D eigenvalue weighted by atomic mass is 9.92. The Hall–Kier alpha value is -1.87. The molecule has 0 radical (unpaired) electrons. The van der Waals surface area contributed by atoms with Crippen molar-refractivity contribution >= 4 is 17.9 Å². The van der Waals surface area contributed by atoms with Gasteiger partial charge in [-0.3, -0.25) is 14.5 Å². The lowest BCUT2D eigenvalue weighted by molar-refractivity contribution is -0.122. The highest BCUT2D eigenvalue weighted by Crippen LogP contribution is 2.19. The number of nitrogens with two attached hydrogens (primary N) is 1. The Morgan fingerprint density at radius 3 is 2.15 bits per heavy atom. The van der Waals surface area contributed by atoms with Crippen LogP contribution in [0.15, 0.2) is 0 Å². The third kappa shape index (κ3) is 17.6. The van der Waals surface area contributed by atoms with Gasteiger partial charge in [0.2, 0.25) is 11.8 Å². The standard InChI is InChI=1S/C32H63N5O4/c1-8-11-12-13-14-28(23-27(9-2)10-3)34-30(39)16-18-35(17-15-29(33)38)24-26(4)25-36-19-21-37(22-20-36)31(40)41-32(5,6)7/h26-28H,8-25H2,1-7H3,(H2,33,38)(H,34,39). The molecule has 0 saturated carbocycles.